The lowest BCUT2D eigenvalue weighted by molar-refractivity contribution is 0.0108. The summed E-state index contributed by atoms with van der Waals surface area (Å²) in [6.07, 6.45) is 0.608. The van der Waals surface area contributed by atoms with Crippen molar-refractivity contribution in [2.24, 2.45) is 0 Å². The molecule has 0 rings (SSSR count). The fraction of sp³-hybridized carbons (Fsp3) is 1.00. The topological polar surface area (TPSA) is 27.7 Å². The lowest BCUT2D eigenvalue weighted by atomic mass is 10.2. The van der Waals surface area contributed by atoms with Crippen LogP contribution in [0.4, 0.5) is 0 Å². The standard InChI is InChI=1S/C7H18O3Si/c1-7(2,3)10-6-11(8-4)9-5/h11H,6H2,1-5H3. The van der Waals surface area contributed by atoms with Crippen LogP contribution < -0.4 is 0 Å². The van der Waals surface area contributed by atoms with Crippen LogP contribution in [0.5, 0.6) is 0 Å². The molecule has 0 atom stereocenters. The SMILES string of the molecule is CO[SiH](COC(C)(C)C)OC. The Morgan fingerprint density at radius 3 is 1.82 bits per heavy atom. The first kappa shape index (κ1) is 11.1. The maximum Gasteiger partial charge on any atom is 0.347 e. The second kappa shape index (κ2) is 4.87. The van der Waals surface area contributed by atoms with Crippen molar-refractivity contribution in [3.63, 3.8) is 0 Å². The van der Waals surface area contributed by atoms with Gasteiger partial charge in [-0.3, -0.25) is 0 Å². The minimum absolute atomic E-state index is 0.0949. The van der Waals surface area contributed by atoms with Gasteiger partial charge >= 0.3 is 9.28 Å². The summed E-state index contributed by atoms with van der Waals surface area (Å²) in [5.74, 6) is 0. The van der Waals surface area contributed by atoms with Gasteiger partial charge in [-0.1, -0.05) is 0 Å². The molecule has 0 radical (unpaired) electrons. The Balaban J connectivity index is 3.51. The van der Waals surface area contributed by atoms with E-state index >= 15 is 0 Å². The number of hydrogen-bond donors (Lipinski definition) is 0. The van der Waals surface area contributed by atoms with Crippen molar-refractivity contribution in [1.82, 2.24) is 0 Å². The molecule has 0 aliphatic carbocycles. The molecule has 0 fully saturated rings. The van der Waals surface area contributed by atoms with E-state index in [1.54, 1.807) is 14.2 Å². The second-order valence-electron chi connectivity index (χ2n) is 3.32. The Labute approximate surface area is 70.5 Å². The molecule has 0 aromatic carbocycles. The van der Waals surface area contributed by atoms with Crippen LogP contribution in [0.25, 0.3) is 0 Å². The zero-order chi connectivity index (χ0) is 8.91. The van der Waals surface area contributed by atoms with Gasteiger partial charge in [-0.2, -0.15) is 0 Å². The van der Waals surface area contributed by atoms with Crippen LogP contribution in [0.3, 0.4) is 0 Å². The molecular formula is C7H18O3Si. The molecule has 0 bridgehead atoms. The highest BCUT2D eigenvalue weighted by Crippen LogP contribution is 2.06. The molecule has 68 valence electrons. The molecule has 11 heavy (non-hydrogen) atoms. The van der Waals surface area contributed by atoms with Gasteiger partial charge in [-0.05, 0) is 20.8 Å². The summed E-state index contributed by atoms with van der Waals surface area (Å²) >= 11 is 0. The molecule has 0 aliphatic rings. The molecule has 0 aromatic rings. The molecule has 3 nitrogen and oxygen atoms in total. The number of rotatable bonds is 4. The summed E-state index contributed by atoms with van der Waals surface area (Å²) in [4.78, 5) is 0. The normalized spacial score (nSPS) is 12.5. The van der Waals surface area contributed by atoms with Crippen molar-refractivity contribution >= 4 is 9.28 Å². The van der Waals surface area contributed by atoms with E-state index in [1.807, 2.05) is 20.8 Å². The fourth-order valence-electron chi connectivity index (χ4n) is 0.550. The summed E-state index contributed by atoms with van der Waals surface area (Å²) < 4.78 is 15.7. The van der Waals surface area contributed by atoms with E-state index in [2.05, 4.69) is 0 Å². The predicted molar refractivity (Wildman–Crippen MR) is 46.9 cm³/mol. The zero-order valence-corrected chi connectivity index (χ0v) is 9.16. The highest BCUT2D eigenvalue weighted by Gasteiger charge is 2.16. The van der Waals surface area contributed by atoms with Crippen molar-refractivity contribution in [2.75, 3.05) is 20.4 Å². The number of hydrogen-bond acceptors (Lipinski definition) is 3. The minimum Gasteiger partial charge on any atom is -0.399 e. The Morgan fingerprint density at radius 1 is 1.09 bits per heavy atom. The molecule has 0 unspecified atom stereocenters. The smallest absolute Gasteiger partial charge is 0.347 e. The summed E-state index contributed by atoms with van der Waals surface area (Å²) in [6, 6.07) is 0. The highest BCUT2D eigenvalue weighted by molar-refractivity contribution is 6.44. The molecule has 0 N–H and O–H groups in total. The van der Waals surface area contributed by atoms with Crippen LogP contribution in [-0.4, -0.2) is 35.3 Å². The lowest BCUT2D eigenvalue weighted by Crippen LogP contribution is -2.32. The monoisotopic (exact) mass is 178 g/mol. The van der Waals surface area contributed by atoms with Gasteiger partial charge in [-0.15, -0.1) is 0 Å². The molecule has 0 aromatic heterocycles. The van der Waals surface area contributed by atoms with Crippen LogP contribution >= 0.6 is 0 Å². The van der Waals surface area contributed by atoms with Crippen molar-refractivity contribution < 1.29 is 13.6 Å². The Bertz CT molecular complexity index is 96.3. The average Bonchev–Trinajstić information content (AvgIpc) is 1.88. The van der Waals surface area contributed by atoms with E-state index < -0.39 is 9.28 Å². The molecule has 0 saturated heterocycles. The average molecular weight is 178 g/mol. The quantitative estimate of drug-likeness (QED) is 0.597. The van der Waals surface area contributed by atoms with Gasteiger partial charge in [0.05, 0.1) is 11.8 Å². The van der Waals surface area contributed by atoms with Crippen LogP contribution in [-0.2, 0) is 13.6 Å². The molecule has 4 heteroatoms. The predicted octanol–water partition coefficient (Wildman–Crippen LogP) is 0.854. The zero-order valence-electron chi connectivity index (χ0n) is 8.01. The van der Waals surface area contributed by atoms with Crippen molar-refractivity contribution in [1.29, 1.82) is 0 Å². The van der Waals surface area contributed by atoms with E-state index in [4.69, 9.17) is 13.6 Å². The summed E-state index contributed by atoms with van der Waals surface area (Å²) in [7, 11) is 1.80. The van der Waals surface area contributed by atoms with E-state index in [1.165, 1.54) is 0 Å². The molecule has 0 amide bonds. The van der Waals surface area contributed by atoms with Gasteiger partial charge in [0.15, 0.2) is 0 Å². The Kier molecular flexibility index (Phi) is 4.91. The maximum absolute atomic E-state index is 5.48. The number of ether oxygens (including phenoxy) is 1. The summed E-state index contributed by atoms with van der Waals surface area (Å²) in [5, 5.41) is 0. The fourth-order valence-corrected chi connectivity index (χ4v) is 1.65. The molecule has 0 saturated carbocycles. The highest BCUT2D eigenvalue weighted by atomic mass is 28.3. The third kappa shape index (κ3) is 6.49. The first-order valence-corrected chi connectivity index (χ1v) is 5.45. The van der Waals surface area contributed by atoms with E-state index in [0.717, 1.165) is 0 Å². The summed E-state index contributed by atoms with van der Waals surface area (Å²) in [6.45, 7) is 6.05. The van der Waals surface area contributed by atoms with Crippen LogP contribution in [0.2, 0.25) is 0 Å². The molecule has 0 heterocycles. The first-order valence-electron chi connectivity index (χ1n) is 3.69. The van der Waals surface area contributed by atoms with Gasteiger partial charge in [0.1, 0.15) is 0 Å². The Morgan fingerprint density at radius 2 is 1.55 bits per heavy atom. The van der Waals surface area contributed by atoms with Gasteiger partial charge in [0.25, 0.3) is 0 Å². The van der Waals surface area contributed by atoms with Gasteiger partial charge in [0, 0.05) is 14.2 Å². The summed E-state index contributed by atoms with van der Waals surface area (Å²) in [5.41, 5.74) is -0.0949. The van der Waals surface area contributed by atoms with Gasteiger partial charge in [0.2, 0.25) is 0 Å². The maximum atomic E-state index is 5.48. The van der Waals surface area contributed by atoms with Crippen molar-refractivity contribution in [2.45, 2.75) is 26.4 Å². The third-order valence-corrected chi connectivity index (χ3v) is 2.67. The van der Waals surface area contributed by atoms with Gasteiger partial charge < -0.3 is 13.6 Å². The van der Waals surface area contributed by atoms with Crippen LogP contribution in [0.15, 0.2) is 0 Å². The van der Waals surface area contributed by atoms with E-state index in [-0.39, 0.29) is 5.60 Å². The van der Waals surface area contributed by atoms with Crippen LogP contribution in [0, 0.1) is 0 Å². The van der Waals surface area contributed by atoms with E-state index in [9.17, 15) is 0 Å². The van der Waals surface area contributed by atoms with Crippen molar-refractivity contribution in [3.05, 3.63) is 0 Å². The largest absolute Gasteiger partial charge is 0.399 e. The van der Waals surface area contributed by atoms with Crippen LogP contribution in [0.1, 0.15) is 20.8 Å². The third-order valence-electron chi connectivity index (χ3n) is 1.18. The van der Waals surface area contributed by atoms with E-state index in [0.29, 0.717) is 6.23 Å². The molecule has 0 aliphatic heterocycles. The molecular weight excluding hydrogens is 160 g/mol. The second-order valence-corrected chi connectivity index (χ2v) is 5.46. The first-order chi connectivity index (χ1) is 4.99. The lowest BCUT2D eigenvalue weighted by Gasteiger charge is -2.21. The van der Waals surface area contributed by atoms with Gasteiger partial charge in [-0.25, -0.2) is 0 Å². The Hall–Kier alpha value is 0.0969. The minimum atomic E-state index is -1.51. The van der Waals surface area contributed by atoms with Crippen molar-refractivity contribution in [3.8, 4) is 0 Å². The molecule has 0 spiro atoms.